The van der Waals surface area contributed by atoms with Gasteiger partial charge in [-0.1, -0.05) is 30.3 Å². The Balaban J connectivity index is 1.53. The molecule has 2 amide bonds. The number of carbonyl (C=O) groups is 1. The van der Waals surface area contributed by atoms with Crippen molar-refractivity contribution < 1.29 is 13.2 Å². The number of nitrogens with one attached hydrogen (secondary N) is 2. The van der Waals surface area contributed by atoms with Crippen molar-refractivity contribution >= 4 is 21.6 Å². The zero-order valence-electron chi connectivity index (χ0n) is 18.0. The molecular formula is C26H20N4O3S. The smallest absolute Gasteiger partial charge is 0.319 e. The van der Waals surface area contributed by atoms with Crippen molar-refractivity contribution in [1.82, 2.24) is 10.3 Å². The number of carbonyl (C=O) groups excluding carboxylic acids is 1. The lowest BCUT2D eigenvalue weighted by Gasteiger charge is -2.12. The molecule has 2 N–H and O–H groups in total. The van der Waals surface area contributed by atoms with Crippen molar-refractivity contribution in [3.63, 3.8) is 0 Å². The van der Waals surface area contributed by atoms with Crippen LogP contribution in [0.4, 0.5) is 10.5 Å². The van der Waals surface area contributed by atoms with E-state index in [0.29, 0.717) is 28.9 Å². The minimum atomic E-state index is -3.85. The maximum Gasteiger partial charge on any atom is 0.319 e. The number of aromatic nitrogens is 1. The molecule has 0 aliphatic carbocycles. The van der Waals surface area contributed by atoms with Gasteiger partial charge in [-0.05, 0) is 65.7 Å². The average molecular weight is 469 g/mol. The van der Waals surface area contributed by atoms with Crippen LogP contribution < -0.4 is 10.6 Å². The fourth-order valence-electron chi connectivity index (χ4n) is 3.40. The first-order chi connectivity index (χ1) is 16.5. The Kier molecular flexibility index (Phi) is 6.67. The summed E-state index contributed by atoms with van der Waals surface area (Å²) in [6, 6.07) is 24.7. The molecule has 4 rings (SSSR count). The number of benzene rings is 3. The number of hydrogen-bond acceptors (Lipinski definition) is 5. The third-order valence-corrected chi connectivity index (χ3v) is 6.93. The Morgan fingerprint density at radius 3 is 2.38 bits per heavy atom. The van der Waals surface area contributed by atoms with Crippen LogP contribution in [0.3, 0.4) is 0 Å². The molecule has 4 aromatic rings. The van der Waals surface area contributed by atoms with E-state index in [2.05, 4.69) is 21.7 Å². The third-order valence-electron chi connectivity index (χ3n) is 5.10. The fourth-order valence-corrected chi connectivity index (χ4v) is 4.88. The molecule has 0 unspecified atom stereocenters. The quantitative estimate of drug-likeness (QED) is 0.423. The van der Waals surface area contributed by atoms with Crippen LogP contribution in [0.1, 0.15) is 11.1 Å². The van der Waals surface area contributed by atoms with Crippen molar-refractivity contribution in [3.05, 3.63) is 108 Å². The first kappa shape index (κ1) is 22.7. The molecule has 168 valence electrons. The topological polar surface area (TPSA) is 112 Å². The first-order valence-electron chi connectivity index (χ1n) is 10.4. The summed E-state index contributed by atoms with van der Waals surface area (Å²) in [6.45, 7) is 0.338. The molecule has 7 nitrogen and oxygen atoms in total. The van der Waals surface area contributed by atoms with Crippen LogP contribution in [0, 0.1) is 11.3 Å². The van der Waals surface area contributed by atoms with Crippen LogP contribution in [0.2, 0.25) is 0 Å². The molecule has 0 spiro atoms. The highest BCUT2D eigenvalue weighted by molar-refractivity contribution is 7.91. The molecule has 0 aliphatic rings. The Morgan fingerprint density at radius 1 is 0.912 bits per heavy atom. The van der Waals surface area contributed by atoms with E-state index in [4.69, 9.17) is 0 Å². The number of pyridine rings is 1. The van der Waals surface area contributed by atoms with Gasteiger partial charge in [-0.3, -0.25) is 4.98 Å². The van der Waals surface area contributed by atoms with Crippen LogP contribution in [0.5, 0.6) is 0 Å². The van der Waals surface area contributed by atoms with E-state index in [9.17, 15) is 18.5 Å². The van der Waals surface area contributed by atoms with E-state index in [1.165, 1.54) is 24.3 Å². The summed E-state index contributed by atoms with van der Waals surface area (Å²) in [5.74, 6) is 0. The summed E-state index contributed by atoms with van der Waals surface area (Å²) in [7, 11) is -3.85. The van der Waals surface area contributed by atoms with Crippen LogP contribution in [-0.2, 0) is 16.4 Å². The lowest BCUT2D eigenvalue weighted by atomic mass is 10.0. The molecule has 0 saturated carbocycles. The summed E-state index contributed by atoms with van der Waals surface area (Å²) in [4.78, 5) is 16.3. The van der Waals surface area contributed by atoms with E-state index in [1.54, 1.807) is 73.1 Å². The molecule has 3 aromatic carbocycles. The molecule has 0 fully saturated rings. The minimum Gasteiger partial charge on any atom is -0.334 e. The van der Waals surface area contributed by atoms with Crippen LogP contribution >= 0.6 is 0 Å². The summed E-state index contributed by atoms with van der Waals surface area (Å²) in [6.07, 6.45) is 3.29. The molecule has 0 radical (unpaired) electrons. The first-order valence-corrected chi connectivity index (χ1v) is 11.8. The Hall–Kier alpha value is -4.48. The zero-order valence-corrected chi connectivity index (χ0v) is 18.8. The maximum atomic E-state index is 13.4. The van der Waals surface area contributed by atoms with Gasteiger partial charge >= 0.3 is 6.03 Å². The van der Waals surface area contributed by atoms with Crippen molar-refractivity contribution in [2.45, 2.75) is 16.3 Å². The summed E-state index contributed by atoms with van der Waals surface area (Å²) >= 11 is 0. The third kappa shape index (κ3) is 5.11. The lowest BCUT2D eigenvalue weighted by molar-refractivity contribution is 0.251. The highest BCUT2D eigenvalue weighted by Gasteiger charge is 2.22. The monoisotopic (exact) mass is 468 g/mol. The summed E-state index contributed by atoms with van der Waals surface area (Å²) < 4.78 is 26.8. The van der Waals surface area contributed by atoms with Crippen LogP contribution in [0.25, 0.3) is 11.1 Å². The van der Waals surface area contributed by atoms with Gasteiger partial charge in [0.2, 0.25) is 9.84 Å². The average Bonchev–Trinajstić information content (AvgIpc) is 2.88. The van der Waals surface area contributed by atoms with Gasteiger partial charge in [0.1, 0.15) is 0 Å². The van der Waals surface area contributed by atoms with Crippen LogP contribution in [-0.4, -0.2) is 19.4 Å². The SMILES string of the molecule is N#Cc1cccc(-c2ccccc2S(=O)(=O)c2ccc(NC(=O)NCc3ccncc3)cc2)c1. The number of anilines is 1. The molecule has 0 bridgehead atoms. The predicted octanol–water partition coefficient (Wildman–Crippen LogP) is 4.77. The number of amides is 2. The Bertz CT molecular complexity index is 1460. The van der Waals surface area contributed by atoms with Crippen LogP contribution in [0.15, 0.2) is 107 Å². The number of urea groups is 1. The van der Waals surface area contributed by atoms with E-state index in [-0.39, 0.29) is 9.79 Å². The van der Waals surface area contributed by atoms with Gasteiger partial charge < -0.3 is 10.6 Å². The second kappa shape index (κ2) is 9.98. The van der Waals surface area contributed by atoms with Gasteiger partial charge in [-0.25, -0.2) is 13.2 Å². The van der Waals surface area contributed by atoms with E-state index >= 15 is 0 Å². The summed E-state index contributed by atoms with van der Waals surface area (Å²) in [5, 5.41) is 14.6. The molecule has 1 heterocycles. The Labute approximate surface area is 197 Å². The second-order valence-electron chi connectivity index (χ2n) is 7.38. The lowest BCUT2D eigenvalue weighted by Crippen LogP contribution is -2.28. The molecule has 0 aliphatic heterocycles. The second-order valence-corrected chi connectivity index (χ2v) is 9.30. The molecule has 0 atom stereocenters. The molecule has 8 heteroatoms. The largest absolute Gasteiger partial charge is 0.334 e. The van der Waals surface area contributed by atoms with E-state index in [1.807, 2.05) is 0 Å². The number of hydrogen-bond donors (Lipinski definition) is 2. The van der Waals surface area contributed by atoms with Crippen molar-refractivity contribution in [1.29, 1.82) is 5.26 Å². The standard InChI is InChI=1S/C26H20N4O3S/c27-17-20-4-3-5-21(16-20)24-6-1-2-7-25(24)34(32,33)23-10-8-22(9-11-23)30-26(31)29-18-19-12-14-28-15-13-19/h1-16H,18H2,(H2,29,30,31). The number of sulfone groups is 1. The van der Waals surface area contributed by atoms with E-state index < -0.39 is 15.9 Å². The van der Waals surface area contributed by atoms with E-state index in [0.717, 1.165) is 5.56 Å². The normalized spacial score (nSPS) is 10.8. The number of nitrogens with zero attached hydrogens (tertiary/aromatic N) is 2. The van der Waals surface area contributed by atoms with Gasteiger partial charge in [0.15, 0.2) is 0 Å². The minimum absolute atomic E-state index is 0.0964. The predicted molar refractivity (Wildman–Crippen MR) is 129 cm³/mol. The van der Waals surface area contributed by atoms with Gasteiger partial charge in [-0.15, -0.1) is 0 Å². The van der Waals surface area contributed by atoms with Crippen molar-refractivity contribution in [3.8, 4) is 17.2 Å². The molecule has 0 saturated heterocycles. The maximum absolute atomic E-state index is 13.4. The Morgan fingerprint density at radius 2 is 1.65 bits per heavy atom. The molecule has 1 aromatic heterocycles. The fraction of sp³-hybridized carbons (Fsp3) is 0.0385. The molecule has 34 heavy (non-hydrogen) atoms. The zero-order chi connectivity index (χ0) is 24.0. The van der Waals surface area contributed by atoms with Gasteiger partial charge in [0.25, 0.3) is 0 Å². The van der Waals surface area contributed by atoms with Crippen molar-refractivity contribution in [2.75, 3.05) is 5.32 Å². The molecular weight excluding hydrogens is 448 g/mol. The van der Waals surface area contributed by atoms with Gasteiger partial charge in [0.05, 0.1) is 21.4 Å². The summed E-state index contributed by atoms with van der Waals surface area (Å²) in [5.41, 5.74) is 2.97. The number of rotatable bonds is 6. The van der Waals surface area contributed by atoms with Gasteiger partial charge in [-0.2, -0.15) is 5.26 Å². The highest BCUT2D eigenvalue weighted by atomic mass is 32.2. The number of nitriles is 1. The van der Waals surface area contributed by atoms with Crippen molar-refractivity contribution in [2.24, 2.45) is 0 Å². The van der Waals surface area contributed by atoms with Gasteiger partial charge in [0, 0.05) is 30.2 Å². The highest BCUT2D eigenvalue weighted by Crippen LogP contribution is 2.32.